The molecule has 1 aliphatic heterocycles. The Balaban J connectivity index is 1.41. The first-order valence-electron chi connectivity index (χ1n) is 10.4. The third kappa shape index (κ3) is 4.40. The minimum absolute atomic E-state index is 0.435. The maximum Gasteiger partial charge on any atom is 0.163 e. The van der Waals surface area contributed by atoms with Crippen molar-refractivity contribution in [3.63, 3.8) is 0 Å². The Bertz CT molecular complexity index is 956. The summed E-state index contributed by atoms with van der Waals surface area (Å²) in [5.41, 5.74) is 2.21. The number of H-pyrrole nitrogens is 1. The molecule has 3 heterocycles. The molecule has 29 heavy (non-hydrogen) atoms. The number of nitrogens with zero attached hydrogens (tertiary/aromatic N) is 4. The fourth-order valence-corrected chi connectivity index (χ4v) is 3.80. The molecule has 0 unspecified atom stereocenters. The lowest BCUT2D eigenvalue weighted by Gasteiger charge is -2.29. The van der Waals surface area contributed by atoms with Gasteiger partial charge in [-0.3, -0.25) is 5.10 Å². The monoisotopic (exact) mass is 389 g/mol. The van der Waals surface area contributed by atoms with E-state index in [0.717, 1.165) is 48.9 Å². The fraction of sp³-hybridized carbons (Fsp3) is 0.409. The van der Waals surface area contributed by atoms with Crippen LogP contribution in [0.3, 0.4) is 0 Å². The van der Waals surface area contributed by atoms with Crippen molar-refractivity contribution in [3.8, 4) is 11.4 Å². The van der Waals surface area contributed by atoms with Crippen molar-refractivity contribution >= 4 is 17.5 Å². The van der Waals surface area contributed by atoms with Crippen molar-refractivity contribution in [2.75, 3.05) is 30.8 Å². The second kappa shape index (κ2) is 7.83. The van der Waals surface area contributed by atoms with Gasteiger partial charge in [0.2, 0.25) is 0 Å². The first-order chi connectivity index (χ1) is 14.2. The molecule has 0 radical (unpaired) electrons. The Morgan fingerprint density at radius 3 is 2.45 bits per heavy atom. The molecule has 3 aromatic rings. The normalized spacial score (nSPS) is 18.0. The molecule has 5 rings (SSSR count). The number of rotatable bonds is 6. The van der Waals surface area contributed by atoms with E-state index in [1.165, 1.54) is 18.5 Å². The minimum Gasteiger partial charge on any atom is -0.367 e. The topological polar surface area (TPSA) is 81.8 Å². The maximum atomic E-state index is 4.80. The van der Waals surface area contributed by atoms with E-state index < -0.39 is 0 Å². The summed E-state index contributed by atoms with van der Waals surface area (Å²) in [6, 6.07) is 14.6. The summed E-state index contributed by atoms with van der Waals surface area (Å²) in [5.74, 6) is 3.76. The van der Waals surface area contributed by atoms with Crippen LogP contribution >= 0.6 is 0 Å². The van der Waals surface area contributed by atoms with Crippen molar-refractivity contribution in [2.45, 2.75) is 37.6 Å². The van der Waals surface area contributed by atoms with Crippen LogP contribution in [0.25, 0.3) is 11.4 Å². The van der Waals surface area contributed by atoms with Crippen LogP contribution in [0.15, 0.2) is 42.5 Å². The lowest BCUT2D eigenvalue weighted by atomic mass is 10.1. The molecule has 3 N–H and O–H groups in total. The molecule has 1 aromatic carbocycles. The van der Waals surface area contributed by atoms with Gasteiger partial charge in [0.05, 0.1) is 0 Å². The van der Waals surface area contributed by atoms with E-state index in [0.29, 0.717) is 17.8 Å². The van der Waals surface area contributed by atoms with Crippen molar-refractivity contribution in [2.24, 2.45) is 0 Å². The highest BCUT2D eigenvalue weighted by atomic mass is 15.2. The zero-order valence-corrected chi connectivity index (χ0v) is 16.7. The summed E-state index contributed by atoms with van der Waals surface area (Å²) in [6.07, 6.45) is 4.73. The highest BCUT2D eigenvalue weighted by Crippen LogP contribution is 2.39. The van der Waals surface area contributed by atoms with Gasteiger partial charge in [0.25, 0.3) is 0 Å². The Hall–Kier alpha value is -2.93. The standard InChI is InChI=1S/C22H27N7/c1-29-11-9-17(10-12-29)23-19-14-20(24-21-13-18(27-28-21)15-7-8-15)26-22(25-19)16-5-3-2-4-6-16/h2-6,13-15,17H,7-12H2,1H3,(H3,23,24,25,26,27,28). The predicted octanol–water partition coefficient (Wildman–Crippen LogP) is 3.99. The van der Waals surface area contributed by atoms with Crippen molar-refractivity contribution in [1.82, 2.24) is 25.1 Å². The molecular formula is C22H27N7. The first-order valence-corrected chi connectivity index (χ1v) is 10.4. The van der Waals surface area contributed by atoms with Gasteiger partial charge in [0, 0.05) is 35.3 Å². The molecule has 1 saturated heterocycles. The molecule has 150 valence electrons. The minimum atomic E-state index is 0.435. The Morgan fingerprint density at radius 1 is 0.931 bits per heavy atom. The quantitative estimate of drug-likeness (QED) is 0.591. The maximum absolute atomic E-state index is 4.80. The van der Waals surface area contributed by atoms with Crippen molar-refractivity contribution < 1.29 is 0 Å². The number of nitrogens with one attached hydrogen (secondary N) is 3. The molecule has 1 aliphatic carbocycles. The summed E-state index contributed by atoms with van der Waals surface area (Å²) < 4.78 is 0. The third-order valence-electron chi connectivity index (χ3n) is 5.70. The number of aromatic amines is 1. The van der Waals surface area contributed by atoms with Crippen LogP contribution in [0.4, 0.5) is 17.5 Å². The second-order valence-corrected chi connectivity index (χ2v) is 8.16. The Kier molecular flexibility index (Phi) is 4.89. The molecule has 7 heteroatoms. The molecule has 0 spiro atoms. The van der Waals surface area contributed by atoms with E-state index in [-0.39, 0.29) is 0 Å². The number of piperidine rings is 1. The van der Waals surface area contributed by atoms with E-state index in [1.54, 1.807) is 0 Å². The SMILES string of the molecule is CN1CCC(Nc2cc(Nc3cc(C4CC4)[nH]n3)nc(-c3ccccc3)n2)CC1. The molecule has 0 bridgehead atoms. The van der Waals surface area contributed by atoms with Crippen LogP contribution in [0.5, 0.6) is 0 Å². The van der Waals surface area contributed by atoms with Gasteiger partial charge in [-0.2, -0.15) is 5.10 Å². The Morgan fingerprint density at radius 2 is 1.69 bits per heavy atom. The van der Waals surface area contributed by atoms with Gasteiger partial charge < -0.3 is 15.5 Å². The van der Waals surface area contributed by atoms with Gasteiger partial charge in [-0.25, -0.2) is 9.97 Å². The number of benzene rings is 1. The molecule has 0 atom stereocenters. The summed E-state index contributed by atoms with van der Waals surface area (Å²) >= 11 is 0. The highest BCUT2D eigenvalue weighted by Gasteiger charge is 2.25. The smallest absolute Gasteiger partial charge is 0.163 e. The molecule has 2 aromatic heterocycles. The fourth-order valence-electron chi connectivity index (χ4n) is 3.80. The predicted molar refractivity (Wildman–Crippen MR) is 115 cm³/mol. The van der Waals surface area contributed by atoms with Crippen LogP contribution in [-0.4, -0.2) is 51.2 Å². The van der Waals surface area contributed by atoms with Gasteiger partial charge in [0.1, 0.15) is 11.6 Å². The van der Waals surface area contributed by atoms with E-state index in [2.05, 4.69) is 38.8 Å². The lowest BCUT2D eigenvalue weighted by Crippen LogP contribution is -2.36. The summed E-state index contributed by atoms with van der Waals surface area (Å²) in [5, 5.41) is 14.5. The average molecular weight is 390 g/mol. The molecule has 2 aliphatic rings. The van der Waals surface area contributed by atoms with Crippen molar-refractivity contribution in [1.29, 1.82) is 0 Å². The summed E-state index contributed by atoms with van der Waals surface area (Å²) in [7, 11) is 2.18. The van der Waals surface area contributed by atoms with Crippen LogP contribution in [-0.2, 0) is 0 Å². The largest absolute Gasteiger partial charge is 0.367 e. The zero-order valence-electron chi connectivity index (χ0n) is 16.7. The van der Waals surface area contributed by atoms with Crippen molar-refractivity contribution in [3.05, 3.63) is 48.2 Å². The molecule has 1 saturated carbocycles. The van der Waals surface area contributed by atoms with E-state index in [1.807, 2.05) is 36.4 Å². The number of hydrogen-bond acceptors (Lipinski definition) is 6. The van der Waals surface area contributed by atoms with Gasteiger partial charge in [-0.15, -0.1) is 0 Å². The van der Waals surface area contributed by atoms with Crippen LogP contribution < -0.4 is 10.6 Å². The number of aromatic nitrogens is 4. The van der Waals surface area contributed by atoms with Gasteiger partial charge in [-0.1, -0.05) is 30.3 Å². The van der Waals surface area contributed by atoms with Crippen LogP contribution in [0, 0.1) is 0 Å². The number of hydrogen-bond donors (Lipinski definition) is 3. The molecular weight excluding hydrogens is 362 g/mol. The number of likely N-dealkylation sites (tertiary alicyclic amines) is 1. The van der Waals surface area contributed by atoms with Crippen LogP contribution in [0.1, 0.15) is 37.3 Å². The zero-order chi connectivity index (χ0) is 19.6. The van der Waals surface area contributed by atoms with Crippen LogP contribution in [0.2, 0.25) is 0 Å². The molecule has 0 amide bonds. The number of anilines is 3. The first kappa shape index (κ1) is 18.1. The van der Waals surface area contributed by atoms with Gasteiger partial charge in [0.15, 0.2) is 11.6 Å². The second-order valence-electron chi connectivity index (χ2n) is 8.16. The summed E-state index contributed by atoms with van der Waals surface area (Å²) in [4.78, 5) is 11.9. The van der Waals surface area contributed by atoms with Gasteiger partial charge in [-0.05, 0) is 45.8 Å². The van der Waals surface area contributed by atoms with E-state index in [4.69, 9.17) is 9.97 Å². The average Bonchev–Trinajstić information content (AvgIpc) is 3.50. The molecule has 7 nitrogen and oxygen atoms in total. The van der Waals surface area contributed by atoms with E-state index >= 15 is 0 Å². The highest BCUT2D eigenvalue weighted by molar-refractivity contribution is 5.64. The lowest BCUT2D eigenvalue weighted by molar-refractivity contribution is 0.263. The van der Waals surface area contributed by atoms with E-state index in [9.17, 15) is 0 Å². The summed E-state index contributed by atoms with van der Waals surface area (Å²) in [6.45, 7) is 2.22. The Labute approximate surface area is 171 Å². The van der Waals surface area contributed by atoms with Gasteiger partial charge >= 0.3 is 0 Å². The molecule has 2 fully saturated rings. The third-order valence-corrected chi connectivity index (χ3v) is 5.70.